The Labute approximate surface area is 155 Å². The highest BCUT2D eigenvalue weighted by atomic mass is 19.1. The summed E-state index contributed by atoms with van der Waals surface area (Å²) in [4.78, 5) is 22.7. The average Bonchev–Trinajstić information content (AvgIpc) is 3.03. The lowest BCUT2D eigenvalue weighted by molar-refractivity contribution is 0.102. The maximum Gasteiger partial charge on any atom is 0.259 e. The van der Waals surface area contributed by atoms with Crippen LogP contribution in [-0.4, -0.2) is 46.9 Å². The molecule has 9 heteroatoms. The van der Waals surface area contributed by atoms with E-state index in [1.807, 2.05) is 0 Å². The Hall–Kier alpha value is -3.49. The molecule has 0 aliphatic carbocycles. The van der Waals surface area contributed by atoms with Crippen LogP contribution in [0.1, 0.15) is 16.1 Å². The number of hydrogen-bond acceptors (Lipinski definition) is 6. The number of rotatable bonds is 5. The summed E-state index contributed by atoms with van der Waals surface area (Å²) in [6, 6.07) is 6.23. The molecule has 1 N–H and O–H groups in total. The molecule has 3 rings (SSSR count). The van der Waals surface area contributed by atoms with Gasteiger partial charge < -0.3 is 15.0 Å². The Kier molecular flexibility index (Phi) is 5.02. The van der Waals surface area contributed by atoms with E-state index in [2.05, 4.69) is 20.4 Å². The molecule has 0 saturated carbocycles. The number of benzene rings is 1. The molecule has 0 saturated heterocycles. The van der Waals surface area contributed by atoms with E-state index in [1.54, 1.807) is 44.1 Å². The number of carbonyl (C=O) groups excluding carboxylic acids is 1. The van der Waals surface area contributed by atoms with Crippen molar-refractivity contribution >= 4 is 17.4 Å². The van der Waals surface area contributed by atoms with Gasteiger partial charge in [-0.15, -0.1) is 0 Å². The molecule has 0 spiro atoms. The van der Waals surface area contributed by atoms with E-state index in [4.69, 9.17) is 4.74 Å². The predicted octanol–water partition coefficient (Wildman–Crippen LogP) is 2.44. The largest absolute Gasteiger partial charge is 0.479 e. The van der Waals surface area contributed by atoms with Crippen LogP contribution in [0.2, 0.25) is 0 Å². The predicted molar refractivity (Wildman–Crippen MR) is 99.1 cm³/mol. The number of methoxy groups -OCH3 is 1. The molecule has 1 amide bonds. The summed E-state index contributed by atoms with van der Waals surface area (Å²) >= 11 is 0. The fourth-order valence-electron chi connectivity index (χ4n) is 2.64. The van der Waals surface area contributed by atoms with Crippen LogP contribution in [0.3, 0.4) is 0 Å². The molecule has 27 heavy (non-hydrogen) atoms. The molecule has 1 aromatic carbocycles. The maximum atomic E-state index is 14.1. The van der Waals surface area contributed by atoms with Crippen molar-refractivity contribution in [2.24, 2.45) is 0 Å². The van der Waals surface area contributed by atoms with E-state index in [1.165, 1.54) is 30.4 Å². The van der Waals surface area contributed by atoms with Gasteiger partial charge >= 0.3 is 0 Å². The monoisotopic (exact) mass is 370 g/mol. The van der Waals surface area contributed by atoms with Crippen LogP contribution in [0.4, 0.5) is 15.9 Å². The Morgan fingerprint density at radius 3 is 2.67 bits per heavy atom. The van der Waals surface area contributed by atoms with Crippen LogP contribution in [0.15, 0.2) is 36.8 Å². The molecule has 140 valence electrons. The Balaban J connectivity index is 1.97. The van der Waals surface area contributed by atoms with E-state index in [0.717, 1.165) is 0 Å². The van der Waals surface area contributed by atoms with Crippen LogP contribution in [-0.2, 0) is 0 Å². The summed E-state index contributed by atoms with van der Waals surface area (Å²) in [5.41, 5.74) is 1.41. The van der Waals surface area contributed by atoms with Crippen molar-refractivity contribution in [3.63, 3.8) is 0 Å². The van der Waals surface area contributed by atoms with E-state index < -0.39 is 11.7 Å². The minimum Gasteiger partial charge on any atom is -0.479 e. The number of para-hydroxylation sites is 1. The first-order valence-corrected chi connectivity index (χ1v) is 8.11. The van der Waals surface area contributed by atoms with Crippen molar-refractivity contribution in [1.82, 2.24) is 19.7 Å². The van der Waals surface area contributed by atoms with Crippen molar-refractivity contribution in [3.8, 4) is 11.6 Å². The van der Waals surface area contributed by atoms with Gasteiger partial charge in [-0.25, -0.2) is 14.1 Å². The van der Waals surface area contributed by atoms with Gasteiger partial charge in [0.15, 0.2) is 5.82 Å². The number of anilines is 2. The van der Waals surface area contributed by atoms with Gasteiger partial charge in [-0.05, 0) is 19.1 Å². The van der Waals surface area contributed by atoms with Crippen molar-refractivity contribution < 1.29 is 13.9 Å². The first-order valence-electron chi connectivity index (χ1n) is 8.11. The standard InChI is InChI=1S/C18H19FN6O2/c1-11-12(9-22-25(11)14-8-6-5-7-13(14)19)17(26)23-15-16(24(2)3)20-10-21-18(15)27-4/h5-10H,1-4H3,(H,23,26). The summed E-state index contributed by atoms with van der Waals surface area (Å²) in [6.07, 6.45) is 2.74. The molecular weight excluding hydrogens is 351 g/mol. The fourth-order valence-corrected chi connectivity index (χ4v) is 2.64. The fraction of sp³-hybridized carbons (Fsp3) is 0.222. The van der Waals surface area contributed by atoms with Crippen molar-refractivity contribution in [2.45, 2.75) is 6.92 Å². The van der Waals surface area contributed by atoms with Gasteiger partial charge in [-0.2, -0.15) is 10.1 Å². The molecule has 8 nitrogen and oxygen atoms in total. The van der Waals surface area contributed by atoms with E-state index in [0.29, 0.717) is 22.8 Å². The van der Waals surface area contributed by atoms with E-state index >= 15 is 0 Å². The molecule has 0 aliphatic heterocycles. The highest BCUT2D eigenvalue weighted by Crippen LogP contribution is 2.30. The SMILES string of the molecule is COc1ncnc(N(C)C)c1NC(=O)c1cnn(-c2ccccc2F)c1C. The number of carbonyl (C=O) groups is 1. The molecular formula is C18H19FN6O2. The van der Waals surface area contributed by atoms with Crippen molar-refractivity contribution in [1.29, 1.82) is 0 Å². The van der Waals surface area contributed by atoms with Gasteiger partial charge in [0, 0.05) is 14.1 Å². The Morgan fingerprint density at radius 1 is 1.26 bits per heavy atom. The number of aromatic nitrogens is 4. The lowest BCUT2D eigenvalue weighted by Crippen LogP contribution is -2.19. The van der Waals surface area contributed by atoms with E-state index in [9.17, 15) is 9.18 Å². The van der Waals surface area contributed by atoms with Crippen molar-refractivity contribution in [3.05, 3.63) is 53.9 Å². The first-order chi connectivity index (χ1) is 12.9. The lowest BCUT2D eigenvalue weighted by atomic mass is 10.2. The number of nitrogens with one attached hydrogen (secondary N) is 1. The summed E-state index contributed by atoms with van der Waals surface area (Å²) in [7, 11) is 5.04. The second kappa shape index (κ2) is 7.40. The third-order valence-corrected chi connectivity index (χ3v) is 3.98. The summed E-state index contributed by atoms with van der Waals surface area (Å²) in [6.45, 7) is 1.69. The Bertz CT molecular complexity index is 986. The van der Waals surface area contributed by atoms with Gasteiger partial charge in [0.1, 0.15) is 23.5 Å². The molecule has 0 fully saturated rings. The molecule has 2 heterocycles. The van der Waals surface area contributed by atoms with Crippen LogP contribution in [0.5, 0.6) is 5.88 Å². The zero-order valence-corrected chi connectivity index (χ0v) is 15.4. The zero-order valence-electron chi connectivity index (χ0n) is 15.4. The molecule has 2 aromatic heterocycles. The summed E-state index contributed by atoms with van der Waals surface area (Å²) < 4.78 is 20.7. The summed E-state index contributed by atoms with van der Waals surface area (Å²) in [5, 5.41) is 6.92. The lowest BCUT2D eigenvalue weighted by Gasteiger charge is -2.17. The smallest absolute Gasteiger partial charge is 0.259 e. The van der Waals surface area contributed by atoms with Crippen LogP contribution >= 0.6 is 0 Å². The number of amides is 1. The number of halogens is 1. The van der Waals surface area contributed by atoms with Crippen LogP contribution in [0, 0.1) is 12.7 Å². The number of nitrogens with zero attached hydrogens (tertiary/aromatic N) is 5. The highest BCUT2D eigenvalue weighted by Gasteiger charge is 2.21. The molecule has 0 atom stereocenters. The number of hydrogen-bond donors (Lipinski definition) is 1. The quantitative estimate of drug-likeness (QED) is 0.743. The molecule has 0 aliphatic rings. The molecule has 0 bridgehead atoms. The van der Waals surface area contributed by atoms with Gasteiger partial charge in [0.25, 0.3) is 5.91 Å². The minimum absolute atomic E-state index is 0.237. The second-order valence-electron chi connectivity index (χ2n) is 5.94. The second-order valence-corrected chi connectivity index (χ2v) is 5.94. The third kappa shape index (κ3) is 3.43. The maximum absolute atomic E-state index is 14.1. The molecule has 0 unspecified atom stereocenters. The Morgan fingerprint density at radius 2 is 2.00 bits per heavy atom. The molecule has 0 radical (unpaired) electrons. The third-order valence-electron chi connectivity index (χ3n) is 3.98. The van der Waals surface area contributed by atoms with Gasteiger partial charge in [-0.3, -0.25) is 4.79 Å². The minimum atomic E-state index is -0.427. The summed E-state index contributed by atoms with van der Waals surface area (Å²) in [5.74, 6) is -0.120. The van der Waals surface area contributed by atoms with Gasteiger partial charge in [-0.1, -0.05) is 12.1 Å². The van der Waals surface area contributed by atoms with Crippen LogP contribution < -0.4 is 15.0 Å². The average molecular weight is 370 g/mol. The van der Waals surface area contributed by atoms with Gasteiger partial charge in [0.2, 0.25) is 5.88 Å². The zero-order chi connectivity index (χ0) is 19.6. The van der Waals surface area contributed by atoms with Crippen LogP contribution in [0.25, 0.3) is 5.69 Å². The van der Waals surface area contributed by atoms with E-state index in [-0.39, 0.29) is 11.6 Å². The van der Waals surface area contributed by atoms with Crippen molar-refractivity contribution in [2.75, 3.05) is 31.4 Å². The topological polar surface area (TPSA) is 85.2 Å². The normalized spacial score (nSPS) is 10.6. The first kappa shape index (κ1) is 18.3. The molecule has 3 aromatic rings. The van der Waals surface area contributed by atoms with Gasteiger partial charge in [0.05, 0.1) is 24.6 Å². The number of ether oxygens (including phenoxy) is 1. The highest BCUT2D eigenvalue weighted by molar-refractivity contribution is 6.07.